The normalized spacial score (nSPS) is 15.9. The highest BCUT2D eigenvalue weighted by molar-refractivity contribution is 6.05. The Hall–Kier alpha value is -3.58. The summed E-state index contributed by atoms with van der Waals surface area (Å²) in [5.41, 5.74) is 11.0. The number of hydrogen-bond acceptors (Lipinski definition) is 8. The Bertz CT molecular complexity index is 886. The van der Waals surface area contributed by atoms with Crippen LogP contribution in [-0.4, -0.2) is 65.2 Å². The Morgan fingerprint density at radius 3 is 2.53 bits per heavy atom. The molecule has 0 unspecified atom stereocenters. The van der Waals surface area contributed by atoms with Crippen molar-refractivity contribution in [3.8, 4) is 0 Å². The minimum atomic E-state index is -1.12. The van der Waals surface area contributed by atoms with Crippen LogP contribution >= 0.6 is 0 Å². The van der Waals surface area contributed by atoms with Crippen LogP contribution in [0.25, 0.3) is 0 Å². The van der Waals surface area contributed by atoms with Gasteiger partial charge in [-0.25, -0.2) is 0 Å². The number of nitrogens with zero attached hydrogens (tertiary/aromatic N) is 2. The Labute approximate surface area is 197 Å². The third-order valence-corrected chi connectivity index (χ3v) is 5.39. The zero-order chi connectivity index (χ0) is 25.1. The first-order valence-electron chi connectivity index (χ1n) is 11.2. The molecule has 0 aromatic heterocycles. The first kappa shape index (κ1) is 26.7. The van der Waals surface area contributed by atoms with Crippen molar-refractivity contribution in [3.63, 3.8) is 0 Å². The van der Waals surface area contributed by atoms with Crippen molar-refractivity contribution in [2.24, 2.45) is 11.5 Å². The van der Waals surface area contributed by atoms with Crippen molar-refractivity contribution in [1.82, 2.24) is 15.5 Å². The van der Waals surface area contributed by atoms with E-state index in [9.17, 15) is 24.5 Å². The minimum Gasteiger partial charge on any atom is -0.370 e. The van der Waals surface area contributed by atoms with Crippen molar-refractivity contribution in [2.45, 2.75) is 50.6 Å². The molecule has 1 aromatic rings. The molecule has 1 fully saturated rings. The van der Waals surface area contributed by atoms with E-state index < -0.39 is 34.7 Å². The molecule has 1 aliphatic rings. The molecule has 0 bridgehead atoms. The summed E-state index contributed by atoms with van der Waals surface area (Å²) in [4.78, 5) is 51.0. The lowest BCUT2D eigenvalue weighted by Crippen LogP contribution is -2.55. The van der Waals surface area contributed by atoms with E-state index in [2.05, 4.69) is 16.0 Å². The second kappa shape index (κ2) is 13.2. The maximum atomic E-state index is 13.3. The van der Waals surface area contributed by atoms with Crippen LogP contribution < -0.4 is 27.4 Å². The molecule has 0 radical (unpaired) electrons. The maximum absolute atomic E-state index is 13.3. The monoisotopic (exact) mass is 476 g/mol. The summed E-state index contributed by atoms with van der Waals surface area (Å²) in [6.07, 6.45) is 2.20. The lowest BCUT2D eigenvalue weighted by molar-refractivity contribution is -0.384. The van der Waals surface area contributed by atoms with E-state index in [0.29, 0.717) is 31.5 Å². The number of amides is 3. The molecule has 186 valence electrons. The van der Waals surface area contributed by atoms with Gasteiger partial charge in [0.25, 0.3) is 5.69 Å². The number of hydrogen-bond donors (Lipinski definition) is 6. The predicted molar refractivity (Wildman–Crippen MR) is 126 cm³/mol. The van der Waals surface area contributed by atoms with E-state index in [1.54, 1.807) is 0 Å². The summed E-state index contributed by atoms with van der Waals surface area (Å²) in [7, 11) is 0. The van der Waals surface area contributed by atoms with Gasteiger partial charge in [0.1, 0.15) is 6.04 Å². The third-order valence-electron chi connectivity index (χ3n) is 5.39. The smallest absolute Gasteiger partial charge is 0.269 e. The highest BCUT2D eigenvalue weighted by atomic mass is 16.6. The van der Waals surface area contributed by atoms with Crippen molar-refractivity contribution in [3.05, 3.63) is 34.4 Å². The number of rotatable bonds is 12. The SMILES string of the molecule is N=C(N)NCCC[C@@H](C(=O)Nc1ccc([N+](=O)[O-])cc1)N(C(=O)CCCN)C(=O)[C@@H]1CCCN1. The van der Waals surface area contributed by atoms with Crippen LogP contribution in [0.5, 0.6) is 0 Å². The molecule has 1 aromatic carbocycles. The first-order chi connectivity index (χ1) is 16.2. The number of imide groups is 1. The molecule has 13 nitrogen and oxygen atoms in total. The lowest BCUT2D eigenvalue weighted by Gasteiger charge is -2.31. The summed E-state index contributed by atoms with van der Waals surface area (Å²) < 4.78 is 0. The maximum Gasteiger partial charge on any atom is 0.269 e. The molecule has 2 rings (SSSR count). The Balaban J connectivity index is 2.28. The molecule has 0 saturated carbocycles. The number of carbonyl (C=O) groups excluding carboxylic acids is 3. The summed E-state index contributed by atoms with van der Waals surface area (Å²) in [5.74, 6) is -1.78. The van der Waals surface area contributed by atoms with Gasteiger partial charge in [0.05, 0.1) is 11.0 Å². The Morgan fingerprint density at radius 1 is 1.26 bits per heavy atom. The highest BCUT2D eigenvalue weighted by Crippen LogP contribution is 2.20. The van der Waals surface area contributed by atoms with Gasteiger partial charge >= 0.3 is 0 Å². The molecule has 1 aliphatic heterocycles. The second-order valence-corrected chi connectivity index (χ2v) is 7.93. The molecule has 1 saturated heterocycles. The van der Waals surface area contributed by atoms with Crippen LogP contribution in [0.2, 0.25) is 0 Å². The van der Waals surface area contributed by atoms with Gasteiger partial charge in [0.15, 0.2) is 5.96 Å². The molecular formula is C21H32N8O5. The van der Waals surface area contributed by atoms with E-state index in [1.165, 1.54) is 24.3 Å². The number of nitro groups is 1. The van der Waals surface area contributed by atoms with Crippen molar-refractivity contribution < 1.29 is 19.3 Å². The van der Waals surface area contributed by atoms with E-state index in [4.69, 9.17) is 16.9 Å². The van der Waals surface area contributed by atoms with Gasteiger partial charge in [-0.2, -0.15) is 0 Å². The Morgan fingerprint density at radius 2 is 1.97 bits per heavy atom. The molecule has 8 N–H and O–H groups in total. The zero-order valence-corrected chi connectivity index (χ0v) is 18.9. The fourth-order valence-corrected chi connectivity index (χ4v) is 3.68. The van der Waals surface area contributed by atoms with Crippen LogP contribution in [0.3, 0.4) is 0 Å². The molecule has 0 spiro atoms. The summed E-state index contributed by atoms with van der Waals surface area (Å²) >= 11 is 0. The first-order valence-corrected chi connectivity index (χ1v) is 11.2. The van der Waals surface area contributed by atoms with Gasteiger partial charge in [-0.15, -0.1) is 0 Å². The number of nitro benzene ring substituents is 1. The lowest BCUT2D eigenvalue weighted by atomic mass is 10.0. The molecule has 34 heavy (non-hydrogen) atoms. The van der Waals surface area contributed by atoms with Crippen LogP contribution in [0.15, 0.2) is 24.3 Å². The Kier molecular flexibility index (Phi) is 10.4. The molecule has 0 aliphatic carbocycles. The van der Waals surface area contributed by atoms with Crippen molar-refractivity contribution >= 4 is 35.1 Å². The molecule has 3 amide bonds. The topological polar surface area (TPSA) is 210 Å². The second-order valence-electron chi connectivity index (χ2n) is 7.93. The van der Waals surface area contributed by atoms with E-state index >= 15 is 0 Å². The fourth-order valence-electron chi connectivity index (χ4n) is 3.68. The average Bonchev–Trinajstić information content (AvgIpc) is 3.34. The van der Waals surface area contributed by atoms with Gasteiger partial charge in [0.2, 0.25) is 17.7 Å². The van der Waals surface area contributed by atoms with Crippen molar-refractivity contribution in [1.29, 1.82) is 5.41 Å². The number of nitrogens with one attached hydrogen (secondary N) is 4. The fraction of sp³-hybridized carbons (Fsp3) is 0.524. The zero-order valence-electron chi connectivity index (χ0n) is 18.9. The minimum absolute atomic E-state index is 0.0158. The number of non-ortho nitro benzene ring substituents is 1. The van der Waals surface area contributed by atoms with Gasteiger partial charge in [-0.05, 0) is 57.3 Å². The third kappa shape index (κ3) is 7.78. The molecule has 2 atom stereocenters. The number of anilines is 1. The van der Waals surface area contributed by atoms with Gasteiger partial charge in [0, 0.05) is 30.8 Å². The number of nitrogens with two attached hydrogens (primary N) is 2. The summed E-state index contributed by atoms with van der Waals surface area (Å²) in [6.45, 7) is 1.18. The largest absolute Gasteiger partial charge is 0.370 e. The summed E-state index contributed by atoms with van der Waals surface area (Å²) in [6, 6.07) is 3.57. The standard InChI is InChI=1S/C21H32N8O5/c22-11-1-6-18(30)28(20(32)16-4-2-12-25-16)17(5-3-13-26-21(23)24)19(31)27-14-7-9-15(10-8-14)29(33)34/h7-10,16-17,25H,1-6,11-13,22H2,(H,27,31)(H4,23,24,26)/t16-,17-/m0/s1. The van der Waals surface area contributed by atoms with Crippen LogP contribution in [0.4, 0.5) is 11.4 Å². The number of benzene rings is 1. The highest BCUT2D eigenvalue weighted by Gasteiger charge is 2.38. The van der Waals surface area contributed by atoms with E-state index in [-0.39, 0.29) is 37.6 Å². The molecule has 13 heteroatoms. The van der Waals surface area contributed by atoms with E-state index in [1.807, 2.05) is 0 Å². The van der Waals surface area contributed by atoms with Crippen LogP contribution in [0, 0.1) is 15.5 Å². The van der Waals surface area contributed by atoms with E-state index in [0.717, 1.165) is 11.3 Å². The van der Waals surface area contributed by atoms with Gasteiger partial charge in [-0.3, -0.25) is 34.8 Å². The van der Waals surface area contributed by atoms with Crippen molar-refractivity contribution in [2.75, 3.05) is 25.0 Å². The average molecular weight is 477 g/mol. The van der Waals surface area contributed by atoms with Gasteiger partial charge < -0.3 is 27.4 Å². The quantitative estimate of drug-likeness (QED) is 0.0787. The van der Waals surface area contributed by atoms with Crippen LogP contribution in [-0.2, 0) is 14.4 Å². The molecule has 1 heterocycles. The predicted octanol–water partition coefficient (Wildman–Crippen LogP) is 0.0113. The van der Waals surface area contributed by atoms with Gasteiger partial charge in [-0.1, -0.05) is 0 Å². The van der Waals surface area contributed by atoms with Crippen LogP contribution in [0.1, 0.15) is 38.5 Å². The number of guanidine groups is 1. The number of carbonyl (C=O) groups is 3. The summed E-state index contributed by atoms with van der Waals surface area (Å²) in [5, 5.41) is 26.5. The molecular weight excluding hydrogens is 444 g/mol.